The van der Waals surface area contributed by atoms with Gasteiger partial charge in [-0.2, -0.15) is 0 Å². The lowest BCUT2D eigenvalue weighted by atomic mass is 10.0. The zero-order valence-corrected chi connectivity index (χ0v) is 57.4. The van der Waals surface area contributed by atoms with Crippen LogP contribution in [0.4, 0.5) is 0 Å². The minimum Gasteiger partial charge on any atom is -0.545 e. The van der Waals surface area contributed by atoms with Gasteiger partial charge in [-0.3, -0.25) is 9.59 Å². The molecule has 0 aliphatic rings. The van der Waals surface area contributed by atoms with Gasteiger partial charge in [0.2, 0.25) is 0 Å². The first kappa shape index (κ1) is 83.2. The standard InChI is InChI=1S/C78H137NO8/c1-6-8-10-12-14-16-18-20-22-24-26-28-30-32-34-36-37-38-39-41-42-44-46-48-50-52-54-56-58-60-62-64-66-68-75(80)85-72-74(73-86-78(77(82)83)84-71-70-79(3,4)5)87-76(81)69-67-65-63-61-59-57-55-53-51-49-47-45-43-40-35-33-31-29-27-25-23-21-19-17-15-13-11-9-7-2/h9,11,15,17,21,23-24,26-27,29,33,35,43,45,49,51,74,78H,6-8,10,12-14,16,18-20,22,25,28,30-32,34,36-42,44,46-48,50,52-73H2,1-5H3/b11-9-,17-15-,23-21-,26-24-,29-27-,35-33-,45-43-,51-49-. The van der Waals surface area contributed by atoms with Gasteiger partial charge in [-0.25, -0.2) is 0 Å². The summed E-state index contributed by atoms with van der Waals surface area (Å²) in [6, 6.07) is 0. The first-order chi connectivity index (χ1) is 42.6. The van der Waals surface area contributed by atoms with E-state index in [0.717, 1.165) is 89.9 Å². The van der Waals surface area contributed by atoms with Gasteiger partial charge >= 0.3 is 11.9 Å². The number of hydrogen-bond acceptors (Lipinski definition) is 8. The Kier molecular flexibility index (Phi) is 65.2. The van der Waals surface area contributed by atoms with Gasteiger partial charge in [0.15, 0.2) is 12.4 Å². The Morgan fingerprint density at radius 3 is 0.989 bits per heavy atom. The van der Waals surface area contributed by atoms with Gasteiger partial charge in [-0.1, -0.05) is 310 Å². The average Bonchev–Trinajstić information content (AvgIpc) is 3.57. The van der Waals surface area contributed by atoms with E-state index in [9.17, 15) is 19.5 Å². The molecular formula is C78H137NO8. The van der Waals surface area contributed by atoms with E-state index in [0.29, 0.717) is 17.4 Å². The maximum absolute atomic E-state index is 12.9. The molecule has 0 aromatic carbocycles. The summed E-state index contributed by atoms with van der Waals surface area (Å²) >= 11 is 0. The van der Waals surface area contributed by atoms with E-state index >= 15 is 0 Å². The zero-order valence-electron chi connectivity index (χ0n) is 57.4. The van der Waals surface area contributed by atoms with Crippen molar-refractivity contribution < 1.29 is 42.9 Å². The van der Waals surface area contributed by atoms with E-state index in [1.165, 1.54) is 199 Å². The SMILES string of the molecule is CC/C=C\C/C=C\C/C=C\C/C=C\C/C=C\C/C=C\C/C=C\CCCCCCCCCC(=O)OC(COC(=O)CCCCCCCCCCCCCCCCCCCCCCC/C=C\CCCCCCCCCC)COC(OCC[N+](C)(C)C)C(=O)[O-]. The number of carboxylic acids is 1. The first-order valence-corrected chi connectivity index (χ1v) is 36.4. The molecule has 0 aromatic heterocycles. The van der Waals surface area contributed by atoms with E-state index < -0.39 is 24.3 Å². The van der Waals surface area contributed by atoms with Crippen LogP contribution in [-0.4, -0.2) is 82.3 Å². The quantitative estimate of drug-likeness (QED) is 0.0195. The molecule has 9 nitrogen and oxygen atoms in total. The fourth-order valence-corrected chi connectivity index (χ4v) is 10.3. The van der Waals surface area contributed by atoms with Crippen molar-refractivity contribution in [3.8, 4) is 0 Å². The molecular weight excluding hydrogens is 1080 g/mol. The molecule has 9 heteroatoms. The van der Waals surface area contributed by atoms with E-state index in [4.69, 9.17) is 18.9 Å². The van der Waals surface area contributed by atoms with Gasteiger partial charge in [0.25, 0.3) is 0 Å². The van der Waals surface area contributed by atoms with Crippen LogP contribution in [-0.2, 0) is 33.3 Å². The summed E-state index contributed by atoms with van der Waals surface area (Å²) in [6.07, 6.45) is 90.7. The second kappa shape index (κ2) is 68.1. The summed E-state index contributed by atoms with van der Waals surface area (Å²) in [6.45, 7) is 4.65. The second-order valence-electron chi connectivity index (χ2n) is 25.5. The summed E-state index contributed by atoms with van der Waals surface area (Å²) in [5.41, 5.74) is 0. The molecule has 0 aliphatic carbocycles. The van der Waals surface area contributed by atoms with Crippen molar-refractivity contribution in [3.63, 3.8) is 0 Å². The van der Waals surface area contributed by atoms with Crippen molar-refractivity contribution in [2.45, 2.75) is 334 Å². The predicted molar refractivity (Wildman–Crippen MR) is 371 cm³/mol. The molecule has 0 bridgehead atoms. The average molecular weight is 1220 g/mol. The van der Waals surface area contributed by atoms with Crippen LogP contribution in [0.5, 0.6) is 0 Å². The molecule has 0 heterocycles. The number of aliphatic carboxylic acids is 1. The van der Waals surface area contributed by atoms with Crippen LogP contribution in [0.25, 0.3) is 0 Å². The molecule has 87 heavy (non-hydrogen) atoms. The van der Waals surface area contributed by atoms with E-state index in [-0.39, 0.29) is 38.6 Å². The Bertz CT molecular complexity index is 1750. The van der Waals surface area contributed by atoms with Crippen LogP contribution >= 0.6 is 0 Å². The van der Waals surface area contributed by atoms with Crippen molar-refractivity contribution in [1.82, 2.24) is 0 Å². The summed E-state index contributed by atoms with van der Waals surface area (Å²) in [4.78, 5) is 37.5. The van der Waals surface area contributed by atoms with Gasteiger partial charge in [0.1, 0.15) is 13.2 Å². The highest BCUT2D eigenvalue weighted by Crippen LogP contribution is 2.18. The maximum atomic E-state index is 12.9. The van der Waals surface area contributed by atoms with E-state index in [2.05, 4.69) is 111 Å². The molecule has 0 radical (unpaired) electrons. The molecule has 0 saturated heterocycles. The third-order valence-corrected chi connectivity index (χ3v) is 15.8. The Balaban J connectivity index is 4.11. The lowest BCUT2D eigenvalue weighted by molar-refractivity contribution is -0.870. The van der Waals surface area contributed by atoms with Gasteiger partial charge in [-0.15, -0.1) is 0 Å². The number of ether oxygens (including phenoxy) is 4. The molecule has 0 spiro atoms. The van der Waals surface area contributed by atoms with Crippen molar-refractivity contribution in [3.05, 3.63) is 97.2 Å². The summed E-state index contributed by atoms with van der Waals surface area (Å²) in [5, 5.41) is 11.8. The fourth-order valence-electron chi connectivity index (χ4n) is 10.3. The number of quaternary nitrogens is 1. The molecule has 0 amide bonds. The van der Waals surface area contributed by atoms with Gasteiger partial charge in [0.05, 0.1) is 40.3 Å². The molecule has 2 atom stereocenters. The molecule has 0 aliphatic heterocycles. The highest BCUT2D eigenvalue weighted by Gasteiger charge is 2.22. The Morgan fingerprint density at radius 2 is 0.655 bits per heavy atom. The number of carbonyl (C=O) groups excluding carboxylic acids is 3. The lowest BCUT2D eigenvalue weighted by Gasteiger charge is -2.26. The van der Waals surface area contributed by atoms with Gasteiger partial charge < -0.3 is 33.3 Å². The topological polar surface area (TPSA) is 111 Å². The lowest BCUT2D eigenvalue weighted by Crippen LogP contribution is -2.44. The number of allylic oxidation sites excluding steroid dienone is 16. The zero-order chi connectivity index (χ0) is 63.3. The molecule has 0 saturated carbocycles. The fraction of sp³-hybridized carbons (Fsp3) is 0.756. The van der Waals surface area contributed by atoms with Crippen molar-refractivity contribution in [2.75, 3.05) is 47.5 Å². The van der Waals surface area contributed by atoms with Crippen LogP contribution in [0.2, 0.25) is 0 Å². The molecule has 502 valence electrons. The Morgan fingerprint density at radius 1 is 0.356 bits per heavy atom. The van der Waals surface area contributed by atoms with Crippen LogP contribution in [0.1, 0.15) is 322 Å². The van der Waals surface area contributed by atoms with Crippen LogP contribution < -0.4 is 5.11 Å². The van der Waals surface area contributed by atoms with Gasteiger partial charge in [-0.05, 0) is 96.3 Å². The number of carbonyl (C=O) groups is 3. The predicted octanol–water partition coefficient (Wildman–Crippen LogP) is 21.5. The summed E-state index contributed by atoms with van der Waals surface area (Å²) in [5.74, 6) is -2.29. The monoisotopic (exact) mass is 1220 g/mol. The summed E-state index contributed by atoms with van der Waals surface area (Å²) in [7, 11) is 5.93. The number of nitrogens with zero attached hydrogens (tertiary/aromatic N) is 1. The Hall–Kier alpha value is -3.79. The van der Waals surface area contributed by atoms with Crippen molar-refractivity contribution >= 4 is 17.9 Å². The minimum atomic E-state index is -1.63. The smallest absolute Gasteiger partial charge is 0.306 e. The molecule has 0 rings (SSSR count). The maximum Gasteiger partial charge on any atom is 0.306 e. The van der Waals surface area contributed by atoms with Gasteiger partial charge in [0, 0.05) is 12.8 Å². The van der Waals surface area contributed by atoms with Crippen molar-refractivity contribution in [1.29, 1.82) is 0 Å². The summed E-state index contributed by atoms with van der Waals surface area (Å²) < 4.78 is 22.8. The van der Waals surface area contributed by atoms with E-state index in [1.807, 2.05) is 21.1 Å². The van der Waals surface area contributed by atoms with Crippen LogP contribution in [0.15, 0.2) is 97.2 Å². The highest BCUT2D eigenvalue weighted by atomic mass is 16.7. The number of unbranched alkanes of at least 4 members (excludes halogenated alkanes) is 36. The molecule has 0 fully saturated rings. The van der Waals surface area contributed by atoms with E-state index in [1.54, 1.807) is 0 Å². The normalized spacial score (nSPS) is 13.3. The largest absolute Gasteiger partial charge is 0.545 e. The highest BCUT2D eigenvalue weighted by molar-refractivity contribution is 5.70. The number of esters is 2. The first-order valence-electron chi connectivity index (χ1n) is 36.4. The van der Waals surface area contributed by atoms with Crippen LogP contribution in [0, 0.1) is 0 Å². The third kappa shape index (κ3) is 69.5. The minimum absolute atomic E-state index is 0.142. The van der Waals surface area contributed by atoms with Crippen molar-refractivity contribution in [2.24, 2.45) is 0 Å². The Labute approximate surface area is 537 Å². The van der Waals surface area contributed by atoms with Crippen LogP contribution in [0.3, 0.4) is 0 Å². The number of hydrogen-bond donors (Lipinski definition) is 0. The number of carboxylic acid groups (broad SMARTS) is 1. The molecule has 2 unspecified atom stereocenters. The number of rotatable bonds is 67. The second-order valence-corrected chi connectivity index (χ2v) is 25.5. The molecule has 0 aromatic rings. The molecule has 0 N–H and O–H groups in total. The third-order valence-electron chi connectivity index (χ3n) is 15.8. The number of likely N-dealkylation sites (N-methyl/N-ethyl adjacent to an activating group) is 1.